The highest BCUT2D eigenvalue weighted by atomic mass is 35.5. The Bertz CT molecular complexity index is 1710. The fourth-order valence-electron chi connectivity index (χ4n) is 5.91. The van der Waals surface area contributed by atoms with E-state index in [4.69, 9.17) is 11.6 Å². The smallest absolute Gasteiger partial charge is 0.242 e. The summed E-state index contributed by atoms with van der Waals surface area (Å²) in [5.41, 5.74) is 0.412. The third-order valence-corrected chi connectivity index (χ3v) is 12.2. The molecule has 0 bridgehead atoms. The fraction of sp³-hybridized carbons (Fsp3) is 0.593. The maximum atomic E-state index is 13.6. The molecule has 216 valence electrons. The number of nitrogens with one attached hydrogen (secondary N) is 1. The van der Waals surface area contributed by atoms with Gasteiger partial charge in [-0.2, -0.15) is 5.26 Å². The first-order valence-corrected chi connectivity index (χ1v) is 16.7. The Morgan fingerprint density at radius 1 is 1.17 bits per heavy atom. The minimum Gasteiger partial charge on any atom is -0.341 e. The molecule has 0 spiro atoms. The van der Waals surface area contributed by atoms with Crippen molar-refractivity contribution in [1.29, 1.82) is 5.26 Å². The molecule has 1 amide bonds. The summed E-state index contributed by atoms with van der Waals surface area (Å²) in [6.07, 6.45) is 6.91. The molecule has 14 heteroatoms. The van der Waals surface area contributed by atoms with Crippen LogP contribution in [-0.4, -0.2) is 82.0 Å². The average molecular weight is 615 g/mol. The molecule has 4 aliphatic rings. The SMILES string of the molecule is CN1CC[C@@H]1C(=O)N1CCC(c2cc(S(=O)(=O)NC3(C)CC3)cn3c(-c4nnc(C5(C#N)CC5)s4)nc(Cl)c23)CC1. The number of fused-ring (bicyclic) bond motifs is 1. The van der Waals surface area contributed by atoms with Gasteiger partial charge in [0.2, 0.25) is 15.9 Å². The summed E-state index contributed by atoms with van der Waals surface area (Å²) in [7, 11) is -1.86. The summed E-state index contributed by atoms with van der Waals surface area (Å²) in [5.74, 6) is 0.565. The molecule has 0 aromatic carbocycles. The van der Waals surface area contributed by atoms with Crippen molar-refractivity contribution in [3.63, 3.8) is 0 Å². The molecule has 7 rings (SSSR count). The van der Waals surface area contributed by atoms with Crippen LogP contribution in [0, 0.1) is 11.3 Å². The molecule has 2 aliphatic carbocycles. The van der Waals surface area contributed by atoms with Gasteiger partial charge in [0.15, 0.2) is 16.0 Å². The van der Waals surface area contributed by atoms with Crippen molar-refractivity contribution in [3.05, 3.63) is 28.0 Å². The zero-order valence-corrected chi connectivity index (χ0v) is 25.3. The first-order chi connectivity index (χ1) is 19.5. The van der Waals surface area contributed by atoms with Crippen molar-refractivity contribution in [2.75, 3.05) is 26.7 Å². The Morgan fingerprint density at radius 2 is 1.90 bits per heavy atom. The molecule has 5 heterocycles. The van der Waals surface area contributed by atoms with E-state index < -0.39 is 21.0 Å². The van der Waals surface area contributed by atoms with E-state index in [1.807, 2.05) is 18.9 Å². The van der Waals surface area contributed by atoms with Crippen molar-refractivity contribution in [2.24, 2.45) is 0 Å². The number of nitrogens with zero attached hydrogens (tertiary/aromatic N) is 7. The van der Waals surface area contributed by atoms with Gasteiger partial charge < -0.3 is 4.90 Å². The zero-order valence-electron chi connectivity index (χ0n) is 22.9. The van der Waals surface area contributed by atoms with Crippen LogP contribution >= 0.6 is 22.9 Å². The summed E-state index contributed by atoms with van der Waals surface area (Å²) >= 11 is 8.07. The van der Waals surface area contributed by atoms with Gasteiger partial charge in [0.25, 0.3) is 0 Å². The van der Waals surface area contributed by atoms with E-state index in [1.54, 1.807) is 16.7 Å². The molecule has 1 N–H and O–H groups in total. The normalized spacial score (nSPS) is 23.8. The van der Waals surface area contributed by atoms with Crippen molar-refractivity contribution < 1.29 is 13.2 Å². The van der Waals surface area contributed by atoms with Gasteiger partial charge in [-0.1, -0.05) is 22.9 Å². The number of aromatic nitrogens is 4. The van der Waals surface area contributed by atoms with Crippen LogP contribution in [0.15, 0.2) is 17.2 Å². The molecular formula is C27H31ClN8O3S2. The maximum absolute atomic E-state index is 13.6. The molecule has 3 aromatic rings. The number of carbonyl (C=O) groups excluding carboxylic acids is 1. The lowest BCUT2D eigenvalue weighted by molar-refractivity contribution is -0.141. The minimum absolute atomic E-state index is 0.00677. The number of nitriles is 1. The number of halogens is 1. The van der Waals surface area contributed by atoms with Crippen LogP contribution < -0.4 is 4.72 Å². The van der Waals surface area contributed by atoms with Crippen LogP contribution in [0.25, 0.3) is 16.3 Å². The number of imidazole rings is 1. The number of hydrogen-bond donors (Lipinski definition) is 1. The van der Waals surface area contributed by atoms with E-state index >= 15 is 0 Å². The molecule has 11 nitrogen and oxygen atoms in total. The second kappa shape index (κ2) is 9.44. The molecule has 3 aromatic heterocycles. The quantitative estimate of drug-likeness (QED) is 0.428. The Hall–Kier alpha value is -2.63. The number of likely N-dealkylation sites (tertiary alicyclic amines) is 2. The minimum atomic E-state index is -3.83. The van der Waals surface area contributed by atoms with E-state index in [0.717, 1.165) is 44.2 Å². The summed E-state index contributed by atoms with van der Waals surface area (Å²) in [5, 5.41) is 19.6. The molecule has 2 saturated carbocycles. The fourth-order valence-corrected chi connectivity index (χ4v) is 8.72. The van der Waals surface area contributed by atoms with Crippen LogP contribution in [0.5, 0.6) is 0 Å². The number of pyridine rings is 1. The summed E-state index contributed by atoms with van der Waals surface area (Å²) < 4.78 is 31.8. The highest BCUT2D eigenvalue weighted by molar-refractivity contribution is 7.89. The highest BCUT2D eigenvalue weighted by Crippen LogP contribution is 2.49. The van der Waals surface area contributed by atoms with E-state index in [0.29, 0.717) is 47.3 Å². The summed E-state index contributed by atoms with van der Waals surface area (Å²) in [6.45, 7) is 4.04. The molecule has 0 unspecified atom stereocenters. The van der Waals surface area contributed by atoms with Crippen LogP contribution in [0.1, 0.15) is 68.4 Å². The lowest BCUT2D eigenvalue weighted by Gasteiger charge is -2.41. The van der Waals surface area contributed by atoms with Crippen molar-refractivity contribution in [3.8, 4) is 16.9 Å². The third kappa shape index (κ3) is 4.64. The lowest BCUT2D eigenvalue weighted by Crippen LogP contribution is -2.56. The molecule has 41 heavy (non-hydrogen) atoms. The number of piperidine rings is 1. The maximum Gasteiger partial charge on any atom is 0.242 e. The van der Waals surface area contributed by atoms with E-state index in [9.17, 15) is 18.5 Å². The van der Waals surface area contributed by atoms with Crippen molar-refractivity contribution in [1.82, 2.24) is 34.1 Å². The van der Waals surface area contributed by atoms with Gasteiger partial charge >= 0.3 is 0 Å². The van der Waals surface area contributed by atoms with Gasteiger partial charge in [-0.25, -0.2) is 18.1 Å². The average Bonchev–Trinajstić information content (AvgIpc) is 3.80. The van der Waals surface area contributed by atoms with Crippen LogP contribution in [0.4, 0.5) is 0 Å². The molecule has 2 saturated heterocycles. The largest absolute Gasteiger partial charge is 0.341 e. The number of sulfonamides is 1. The van der Waals surface area contributed by atoms with Gasteiger partial charge in [0, 0.05) is 31.4 Å². The summed E-state index contributed by atoms with van der Waals surface area (Å²) in [6, 6.07) is 4.03. The van der Waals surface area contributed by atoms with Crippen LogP contribution in [0.3, 0.4) is 0 Å². The first kappa shape index (κ1) is 27.2. The van der Waals surface area contributed by atoms with E-state index in [1.165, 1.54) is 11.3 Å². The molecule has 2 aliphatic heterocycles. The predicted octanol–water partition coefficient (Wildman–Crippen LogP) is 3.30. The zero-order chi connectivity index (χ0) is 28.7. The van der Waals surface area contributed by atoms with Crippen molar-refractivity contribution >= 4 is 44.4 Å². The topological polar surface area (TPSA) is 137 Å². The molecule has 1 atom stereocenters. The van der Waals surface area contributed by atoms with Crippen LogP contribution in [0.2, 0.25) is 5.15 Å². The second-order valence-corrected chi connectivity index (χ2v) is 15.3. The Kier molecular flexibility index (Phi) is 6.27. The predicted molar refractivity (Wildman–Crippen MR) is 153 cm³/mol. The second-order valence-electron chi connectivity index (χ2n) is 12.2. The number of rotatable bonds is 7. The van der Waals surface area contributed by atoms with Crippen LogP contribution in [-0.2, 0) is 20.2 Å². The molecule has 0 radical (unpaired) electrons. The van der Waals surface area contributed by atoms with Gasteiger partial charge in [-0.15, -0.1) is 10.2 Å². The monoisotopic (exact) mass is 614 g/mol. The van der Waals surface area contributed by atoms with Gasteiger partial charge in [-0.3, -0.25) is 14.1 Å². The highest BCUT2D eigenvalue weighted by Gasteiger charge is 2.48. The summed E-state index contributed by atoms with van der Waals surface area (Å²) in [4.78, 5) is 21.8. The Balaban J connectivity index is 1.28. The van der Waals surface area contributed by atoms with Gasteiger partial charge in [0.1, 0.15) is 10.4 Å². The number of carbonyl (C=O) groups is 1. The molecular weight excluding hydrogens is 584 g/mol. The number of likely N-dealkylation sites (N-methyl/N-ethyl adjacent to an activating group) is 1. The third-order valence-electron chi connectivity index (χ3n) is 9.20. The van der Waals surface area contributed by atoms with Gasteiger partial charge in [-0.05, 0) is 76.5 Å². The first-order valence-electron chi connectivity index (χ1n) is 14.0. The lowest BCUT2D eigenvalue weighted by atomic mass is 9.88. The van der Waals surface area contributed by atoms with E-state index in [2.05, 4.69) is 30.9 Å². The van der Waals surface area contributed by atoms with Crippen molar-refractivity contribution in [2.45, 2.75) is 79.7 Å². The number of hydrogen-bond acceptors (Lipinski definition) is 9. The standard InChI is InChI=1S/C27H31ClN8O3S2/c1-26(6-7-26)33-41(38,39)17-13-18(16-3-11-35(12-4-16)24(37)19-5-10-34(19)2)20-21(28)30-22(36(20)14-17)23-31-32-25(40-23)27(15-29)8-9-27/h13-14,16,19,33H,3-12H2,1-2H3/t19-/m1/s1. The van der Waals surface area contributed by atoms with Gasteiger partial charge in [0.05, 0.1) is 22.5 Å². The van der Waals surface area contributed by atoms with E-state index in [-0.39, 0.29) is 27.9 Å². The Morgan fingerprint density at radius 3 is 2.49 bits per heavy atom. The Labute approximate surface area is 247 Å². The number of amides is 1. The molecule has 4 fully saturated rings.